The molecule has 0 unspecified atom stereocenters. The summed E-state index contributed by atoms with van der Waals surface area (Å²) in [4.78, 5) is 26.8. The zero-order valence-corrected chi connectivity index (χ0v) is 17.5. The van der Waals surface area contributed by atoms with E-state index in [0.717, 1.165) is 15.6 Å². The van der Waals surface area contributed by atoms with Gasteiger partial charge in [-0.2, -0.15) is 4.89 Å². The molecular weight excluding hydrogens is 395 g/mol. The standard InChI is InChI=1S/C18H22Cl2N2O3S/c1-5-6-16(23)25-24-10-15-21-17(11(2)3)18(22(15)4)26-14-8-12(19)7-13(20)9-14/h7-9,11H,5-6,10H2,1-4H3. The van der Waals surface area contributed by atoms with E-state index >= 15 is 0 Å². The molecule has 0 amide bonds. The molecule has 0 N–H and O–H groups in total. The number of rotatable bonds is 8. The van der Waals surface area contributed by atoms with Gasteiger partial charge in [0.2, 0.25) is 0 Å². The second kappa shape index (κ2) is 9.65. The Hall–Kier alpha value is -1.21. The third-order valence-corrected chi connectivity index (χ3v) is 5.14. The predicted molar refractivity (Wildman–Crippen MR) is 104 cm³/mol. The number of aromatic nitrogens is 2. The van der Waals surface area contributed by atoms with Gasteiger partial charge in [-0.25, -0.2) is 9.78 Å². The molecule has 1 aromatic heterocycles. The first-order valence-electron chi connectivity index (χ1n) is 8.33. The van der Waals surface area contributed by atoms with Crippen molar-refractivity contribution in [3.05, 3.63) is 39.8 Å². The van der Waals surface area contributed by atoms with E-state index in [1.165, 1.54) is 11.8 Å². The fraction of sp³-hybridized carbons (Fsp3) is 0.444. The van der Waals surface area contributed by atoms with Crippen LogP contribution in [0.5, 0.6) is 0 Å². The van der Waals surface area contributed by atoms with Crippen LogP contribution in [0.1, 0.15) is 51.0 Å². The molecule has 1 heterocycles. The molecule has 0 fully saturated rings. The zero-order valence-electron chi connectivity index (χ0n) is 15.2. The Kier molecular flexibility index (Phi) is 7.83. The Morgan fingerprint density at radius 1 is 1.27 bits per heavy atom. The molecule has 1 aromatic carbocycles. The van der Waals surface area contributed by atoms with Gasteiger partial charge in [-0.1, -0.05) is 55.7 Å². The molecule has 0 saturated carbocycles. The topological polar surface area (TPSA) is 53.4 Å². The van der Waals surface area contributed by atoms with Crippen LogP contribution in [0.15, 0.2) is 28.1 Å². The van der Waals surface area contributed by atoms with Gasteiger partial charge in [0.25, 0.3) is 0 Å². The number of carbonyl (C=O) groups is 1. The van der Waals surface area contributed by atoms with Crippen molar-refractivity contribution in [2.45, 2.75) is 56.1 Å². The van der Waals surface area contributed by atoms with E-state index in [9.17, 15) is 4.79 Å². The van der Waals surface area contributed by atoms with Crippen LogP contribution in [0, 0.1) is 0 Å². The van der Waals surface area contributed by atoms with Crippen LogP contribution in [0.4, 0.5) is 0 Å². The van der Waals surface area contributed by atoms with Crippen LogP contribution in [0.2, 0.25) is 10.0 Å². The minimum Gasteiger partial charge on any atom is -0.324 e. The minimum absolute atomic E-state index is 0.0858. The first kappa shape index (κ1) is 21.1. The van der Waals surface area contributed by atoms with E-state index in [4.69, 9.17) is 33.0 Å². The molecule has 0 aliphatic heterocycles. The van der Waals surface area contributed by atoms with Crippen LogP contribution in [0.3, 0.4) is 0 Å². The van der Waals surface area contributed by atoms with Crippen LogP contribution < -0.4 is 0 Å². The van der Waals surface area contributed by atoms with Gasteiger partial charge < -0.3 is 4.57 Å². The molecule has 26 heavy (non-hydrogen) atoms. The number of carbonyl (C=O) groups excluding carboxylic acids is 1. The Morgan fingerprint density at radius 2 is 1.92 bits per heavy atom. The monoisotopic (exact) mass is 416 g/mol. The smallest absolute Gasteiger partial charge is 0.324 e. The average molecular weight is 417 g/mol. The Balaban J connectivity index is 2.20. The van der Waals surface area contributed by atoms with Crippen LogP contribution in [-0.2, 0) is 28.2 Å². The van der Waals surface area contributed by atoms with Gasteiger partial charge in [0, 0.05) is 28.4 Å². The summed E-state index contributed by atoms with van der Waals surface area (Å²) in [5.41, 5.74) is 0.937. The van der Waals surface area contributed by atoms with E-state index in [-0.39, 0.29) is 18.5 Å². The molecule has 0 atom stereocenters. The lowest BCUT2D eigenvalue weighted by molar-refractivity contribution is -0.281. The lowest BCUT2D eigenvalue weighted by atomic mass is 10.2. The highest BCUT2D eigenvalue weighted by Crippen LogP contribution is 2.36. The average Bonchev–Trinajstić information content (AvgIpc) is 2.84. The maximum absolute atomic E-state index is 11.4. The quantitative estimate of drug-likeness (QED) is 0.403. The summed E-state index contributed by atoms with van der Waals surface area (Å²) in [7, 11) is 1.90. The van der Waals surface area contributed by atoms with E-state index in [2.05, 4.69) is 18.8 Å². The van der Waals surface area contributed by atoms with E-state index in [1.807, 2.05) is 30.7 Å². The van der Waals surface area contributed by atoms with Gasteiger partial charge in [0.1, 0.15) is 10.9 Å². The lowest BCUT2D eigenvalue weighted by Gasteiger charge is -2.09. The molecule has 0 bridgehead atoms. The molecule has 0 saturated heterocycles. The zero-order chi connectivity index (χ0) is 19.3. The van der Waals surface area contributed by atoms with E-state index < -0.39 is 0 Å². The summed E-state index contributed by atoms with van der Waals surface area (Å²) >= 11 is 13.7. The highest BCUT2D eigenvalue weighted by molar-refractivity contribution is 7.99. The number of imidazole rings is 1. The van der Waals surface area contributed by atoms with Gasteiger partial charge in [-0.3, -0.25) is 4.89 Å². The Labute approximate surface area is 167 Å². The molecule has 0 aliphatic carbocycles. The summed E-state index contributed by atoms with van der Waals surface area (Å²) in [6.45, 7) is 6.13. The summed E-state index contributed by atoms with van der Waals surface area (Å²) in [5, 5.41) is 2.14. The number of halogens is 2. The number of hydrogen-bond acceptors (Lipinski definition) is 5. The van der Waals surface area contributed by atoms with Crippen molar-refractivity contribution in [2.75, 3.05) is 0 Å². The second-order valence-corrected chi connectivity index (χ2v) is 8.04. The van der Waals surface area contributed by atoms with Crippen molar-refractivity contribution in [1.82, 2.24) is 9.55 Å². The highest BCUT2D eigenvalue weighted by atomic mass is 35.5. The number of hydrogen-bond donors (Lipinski definition) is 0. The maximum Gasteiger partial charge on any atom is 0.342 e. The van der Waals surface area contributed by atoms with E-state index in [1.54, 1.807) is 6.07 Å². The fourth-order valence-electron chi connectivity index (χ4n) is 2.27. The Morgan fingerprint density at radius 3 is 2.50 bits per heavy atom. The van der Waals surface area contributed by atoms with E-state index in [0.29, 0.717) is 28.7 Å². The first-order chi connectivity index (χ1) is 12.3. The second-order valence-electron chi connectivity index (χ2n) is 6.11. The summed E-state index contributed by atoms with van der Waals surface area (Å²) in [6.07, 6.45) is 1.04. The first-order valence-corrected chi connectivity index (χ1v) is 9.90. The van der Waals surface area contributed by atoms with Gasteiger partial charge in [0.05, 0.1) is 5.69 Å². The van der Waals surface area contributed by atoms with Crippen molar-refractivity contribution < 1.29 is 14.6 Å². The van der Waals surface area contributed by atoms with Crippen molar-refractivity contribution in [1.29, 1.82) is 0 Å². The lowest BCUT2D eigenvalue weighted by Crippen LogP contribution is -2.07. The summed E-state index contributed by atoms with van der Waals surface area (Å²) in [5.74, 6) is 0.511. The molecule has 0 spiro atoms. The molecule has 2 rings (SSSR count). The fourth-order valence-corrected chi connectivity index (χ4v) is 4.15. The maximum atomic E-state index is 11.4. The minimum atomic E-state index is -0.381. The Bertz CT molecular complexity index is 758. The van der Waals surface area contributed by atoms with Crippen molar-refractivity contribution >= 4 is 40.9 Å². The van der Waals surface area contributed by atoms with Crippen LogP contribution in [-0.4, -0.2) is 15.5 Å². The van der Waals surface area contributed by atoms with Gasteiger partial charge in [0.15, 0.2) is 6.61 Å². The molecule has 0 aliphatic rings. The molecule has 5 nitrogen and oxygen atoms in total. The summed E-state index contributed by atoms with van der Waals surface area (Å²) < 4.78 is 1.93. The van der Waals surface area contributed by atoms with Gasteiger partial charge >= 0.3 is 5.97 Å². The van der Waals surface area contributed by atoms with Crippen molar-refractivity contribution in [2.24, 2.45) is 7.05 Å². The molecular formula is C18H22Cl2N2O3S. The molecule has 0 radical (unpaired) electrons. The van der Waals surface area contributed by atoms with Crippen molar-refractivity contribution in [3.63, 3.8) is 0 Å². The number of nitrogens with zero attached hydrogens (tertiary/aromatic N) is 2. The molecule has 2 aromatic rings. The molecule has 142 valence electrons. The largest absolute Gasteiger partial charge is 0.342 e. The van der Waals surface area contributed by atoms with Gasteiger partial charge in [-0.05, 0) is 30.5 Å². The third kappa shape index (κ3) is 5.64. The summed E-state index contributed by atoms with van der Waals surface area (Å²) in [6, 6.07) is 5.42. The SMILES string of the molecule is CCCC(=O)OOCc1nc(C(C)C)c(Sc2cc(Cl)cc(Cl)c2)n1C. The van der Waals surface area contributed by atoms with Crippen LogP contribution in [0.25, 0.3) is 0 Å². The van der Waals surface area contributed by atoms with Gasteiger partial charge in [-0.15, -0.1) is 0 Å². The normalized spacial score (nSPS) is 11.2. The molecule has 8 heteroatoms. The van der Waals surface area contributed by atoms with Crippen molar-refractivity contribution in [3.8, 4) is 0 Å². The number of benzene rings is 1. The highest BCUT2D eigenvalue weighted by Gasteiger charge is 2.19. The van der Waals surface area contributed by atoms with Crippen LogP contribution >= 0.6 is 35.0 Å². The predicted octanol–water partition coefficient (Wildman–Crippen LogP) is 5.78. The third-order valence-electron chi connectivity index (χ3n) is 3.55.